The van der Waals surface area contributed by atoms with Crippen molar-refractivity contribution in [2.24, 2.45) is 5.41 Å². The molecule has 0 spiro atoms. The molecule has 0 saturated heterocycles. The number of carbonyl (C=O) groups is 1. The van der Waals surface area contributed by atoms with Crippen molar-refractivity contribution in [1.82, 2.24) is 9.97 Å². The van der Waals surface area contributed by atoms with Crippen molar-refractivity contribution in [1.29, 1.82) is 0 Å². The highest BCUT2D eigenvalue weighted by Crippen LogP contribution is 2.27. The van der Waals surface area contributed by atoms with Crippen molar-refractivity contribution in [3.8, 4) is 11.5 Å². The first-order valence-electron chi connectivity index (χ1n) is 7.12. The number of rotatable bonds is 3. The van der Waals surface area contributed by atoms with E-state index in [1.165, 1.54) is 6.33 Å². The summed E-state index contributed by atoms with van der Waals surface area (Å²) in [5.74, 6) is 0.354. The number of benzene rings is 1. The van der Waals surface area contributed by atoms with Crippen LogP contribution in [0.15, 0.2) is 23.3 Å². The molecule has 7 heteroatoms. The number of nitrogens with zero attached hydrogens (tertiary/aromatic N) is 1. The Morgan fingerprint density at radius 2 is 1.96 bits per heavy atom. The number of hydrogen-bond donors (Lipinski definition) is 2. The molecular weight excluding hydrogens is 300 g/mol. The number of methoxy groups -OCH3 is 1. The van der Waals surface area contributed by atoms with Crippen LogP contribution in [0, 0.1) is 5.41 Å². The summed E-state index contributed by atoms with van der Waals surface area (Å²) in [5.41, 5.74) is -0.234. The molecule has 0 amide bonds. The summed E-state index contributed by atoms with van der Waals surface area (Å²) in [4.78, 5) is 28.3. The van der Waals surface area contributed by atoms with E-state index in [2.05, 4.69) is 9.97 Å². The first kappa shape index (κ1) is 18.5. The first-order chi connectivity index (χ1) is 10.7. The third-order valence-electron chi connectivity index (χ3n) is 2.86. The van der Waals surface area contributed by atoms with Gasteiger partial charge in [0.1, 0.15) is 16.9 Å². The van der Waals surface area contributed by atoms with E-state index in [1.54, 1.807) is 40.0 Å². The minimum absolute atomic E-state index is 0.212. The van der Waals surface area contributed by atoms with Gasteiger partial charge >= 0.3 is 5.97 Å². The van der Waals surface area contributed by atoms with Crippen LogP contribution in [0.3, 0.4) is 0 Å². The average molecular weight is 322 g/mol. The van der Waals surface area contributed by atoms with Crippen LogP contribution in [0.5, 0.6) is 11.5 Å². The van der Waals surface area contributed by atoms with Crippen molar-refractivity contribution >= 4 is 16.9 Å². The lowest BCUT2D eigenvalue weighted by atomic mass is 9.98. The van der Waals surface area contributed by atoms with Crippen LogP contribution in [-0.2, 0) is 4.79 Å². The molecule has 0 radical (unpaired) electrons. The predicted molar refractivity (Wildman–Crippen MR) is 87.2 cm³/mol. The molecule has 0 aliphatic carbocycles. The Morgan fingerprint density at radius 3 is 2.43 bits per heavy atom. The monoisotopic (exact) mass is 322 g/mol. The second-order valence-corrected chi connectivity index (χ2v) is 5.74. The van der Waals surface area contributed by atoms with Crippen LogP contribution in [0.25, 0.3) is 10.9 Å². The Morgan fingerprint density at radius 1 is 1.35 bits per heavy atom. The van der Waals surface area contributed by atoms with Crippen molar-refractivity contribution in [2.75, 3.05) is 13.7 Å². The summed E-state index contributed by atoms with van der Waals surface area (Å²) in [7, 11) is 1.56. The van der Waals surface area contributed by atoms with E-state index in [1.807, 2.05) is 6.92 Å². The SMILES string of the molecule is CC(C)(C)C(=O)O.CCOc1cc(OC)cc2nc[nH]c(=O)c12. The second-order valence-electron chi connectivity index (χ2n) is 5.74. The van der Waals surface area contributed by atoms with E-state index in [4.69, 9.17) is 14.6 Å². The van der Waals surface area contributed by atoms with Gasteiger partial charge in [-0.3, -0.25) is 9.59 Å². The summed E-state index contributed by atoms with van der Waals surface area (Å²) in [6.07, 6.45) is 1.36. The maximum atomic E-state index is 11.7. The summed E-state index contributed by atoms with van der Waals surface area (Å²) < 4.78 is 10.5. The number of hydrogen-bond acceptors (Lipinski definition) is 5. The van der Waals surface area contributed by atoms with Crippen LogP contribution in [0.2, 0.25) is 0 Å². The Hall–Kier alpha value is -2.57. The molecule has 1 aromatic heterocycles. The fourth-order valence-corrected chi connectivity index (χ4v) is 1.53. The highest BCUT2D eigenvalue weighted by molar-refractivity contribution is 5.85. The molecule has 0 atom stereocenters. The number of nitrogens with one attached hydrogen (secondary N) is 1. The number of aliphatic carboxylic acids is 1. The van der Waals surface area contributed by atoms with Crippen molar-refractivity contribution in [3.05, 3.63) is 28.8 Å². The summed E-state index contributed by atoms with van der Waals surface area (Å²) >= 11 is 0. The second kappa shape index (κ2) is 7.62. The molecule has 0 aliphatic heterocycles. The molecule has 126 valence electrons. The Balaban J connectivity index is 0.000000322. The molecule has 0 unspecified atom stereocenters. The van der Waals surface area contributed by atoms with Crippen molar-refractivity contribution in [2.45, 2.75) is 27.7 Å². The minimum Gasteiger partial charge on any atom is -0.497 e. The molecule has 0 saturated carbocycles. The molecule has 7 nitrogen and oxygen atoms in total. The smallest absolute Gasteiger partial charge is 0.308 e. The van der Waals surface area contributed by atoms with Gasteiger partial charge in [0, 0.05) is 12.1 Å². The maximum absolute atomic E-state index is 11.7. The summed E-state index contributed by atoms with van der Waals surface area (Å²) in [5, 5.41) is 8.70. The molecule has 0 aliphatic rings. The van der Waals surface area contributed by atoms with Gasteiger partial charge in [-0.15, -0.1) is 0 Å². The van der Waals surface area contributed by atoms with Crippen LogP contribution in [0.4, 0.5) is 0 Å². The first-order valence-corrected chi connectivity index (χ1v) is 7.12. The van der Waals surface area contributed by atoms with Crippen LogP contribution in [0.1, 0.15) is 27.7 Å². The van der Waals surface area contributed by atoms with E-state index >= 15 is 0 Å². The van der Waals surface area contributed by atoms with Crippen molar-refractivity contribution in [3.63, 3.8) is 0 Å². The molecule has 2 N–H and O–H groups in total. The lowest BCUT2D eigenvalue weighted by Crippen LogP contribution is -2.18. The van der Waals surface area contributed by atoms with E-state index in [-0.39, 0.29) is 5.56 Å². The van der Waals surface area contributed by atoms with Gasteiger partial charge in [0.15, 0.2) is 0 Å². The fraction of sp³-hybridized carbons (Fsp3) is 0.438. The number of aromatic nitrogens is 2. The number of H-pyrrole nitrogens is 1. The van der Waals surface area contributed by atoms with Crippen LogP contribution < -0.4 is 15.0 Å². The molecule has 0 fully saturated rings. The van der Waals surface area contributed by atoms with Gasteiger partial charge < -0.3 is 19.6 Å². The zero-order valence-electron chi connectivity index (χ0n) is 14.0. The molecule has 0 bridgehead atoms. The summed E-state index contributed by atoms with van der Waals surface area (Å²) in [6.45, 7) is 7.33. The number of fused-ring (bicyclic) bond motifs is 1. The van der Waals surface area contributed by atoms with Crippen LogP contribution >= 0.6 is 0 Å². The molecule has 2 rings (SSSR count). The topological polar surface area (TPSA) is 102 Å². The van der Waals surface area contributed by atoms with Crippen molar-refractivity contribution < 1.29 is 19.4 Å². The lowest BCUT2D eigenvalue weighted by molar-refractivity contribution is -0.145. The zero-order chi connectivity index (χ0) is 17.6. The van der Waals surface area contributed by atoms with Gasteiger partial charge in [-0.25, -0.2) is 4.98 Å². The fourth-order valence-electron chi connectivity index (χ4n) is 1.53. The van der Waals surface area contributed by atoms with E-state index < -0.39 is 11.4 Å². The highest BCUT2D eigenvalue weighted by Gasteiger charge is 2.18. The number of carboxylic acid groups (broad SMARTS) is 1. The standard InChI is InChI=1S/C11H12N2O3.C5H10O2/c1-3-16-9-5-7(15-2)4-8-10(9)11(14)13-6-12-8;1-5(2,3)4(6)7/h4-6H,3H2,1-2H3,(H,12,13,14);1-3H3,(H,6,7). The molecular formula is C16H22N2O5. The normalized spacial score (nSPS) is 10.7. The maximum Gasteiger partial charge on any atom is 0.308 e. The molecule has 1 aromatic carbocycles. The largest absolute Gasteiger partial charge is 0.497 e. The van der Waals surface area contributed by atoms with Gasteiger partial charge in [0.2, 0.25) is 0 Å². The molecule has 23 heavy (non-hydrogen) atoms. The van der Waals surface area contributed by atoms with E-state index in [0.29, 0.717) is 29.0 Å². The number of ether oxygens (including phenoxy) is 2. The van der Waals surface area contributed by atoms with E-state index in [9.17, 15) is 9.59 Å². The average Bonchev–Trinajstić information content (AvgIpc) is 2.47. The van der Waals surface area contributed by atoms with Gasteiger partial charge in [0.05, 0.1) is 31.0 Å². The third kappa shape index (κ3) is 4.98. The number of carboxylic acids is 1. The molecule has 2 aromatic rings. The number of aromatic amines is 1. The van der Waals surface area contributed by atoms with Crippen LogP contribution in [-0.4, -0.2) is 34.8 Å². The molecule has 1 heterocycles. The highest BCUT2D eigenvalue weighted by atomic mass is 16.5. The third-order valence-corrected chi connectivity index (χ3v) is 2.86. The Kier molecular flexibility index (Phi) is 6.12. The van der Waals surface area contributed by atoms with E-state index in [0.717, 1.165) is 0 Å². The summed E-state index contributed by atoms with van der Waals surface area (Å²) in [6, 6.07) is 3.38. The minimum atomic E-state index is -0.757. The predicted octanol–water partition coefficient (Wildman–Crippen LogP) is 2.45. The van der Waals surface area contributed by atoms with Gasteiger partial charge in [-0.1, -0.05) is 0 Å². The van der Waals surface area contributed by atoms with Gasteiger partial charge in [0.25, 0.3) is 5.56 Å². The van der Waals surface area contributed by atoms with Gasteiger partial charge in [-0.05, 0) is 27.7 Å². The lowest BCUT2D eigenvalue weighted by Gasteiger charge is -2.08. The Labute approximate surface area is 134 Å². The zero-order valence-corrected chi connectivity index (χ0v) is 14.0. The van der Waals surface area contributed by atoms with Gasteiger partial charge in [-0.2, -0.15) is 0 Å². The Bertz CT molecular complexity index is 731. The quantitative estimate of drug-likeness (QED) is 0.900.